The van der Waals surface area contributed by atoms with Crippen LogP contribution in [0.3, 0.4) is 0 Å². The molecule has 0 bridgehead atoms. The summed E-state index contributed by atoms with van der Waals surface area (Å²) < 4.78 is 24.7. The highest BCUT2D eigenvalue weighted by atomic mass is 32.2. The third-order valence-electron chi connectivity index (χ3n) is 5.48. The molecule has 0 radical (unpaired) electrons. The van der Waals surface area contributed by atoms with Crippen molar-refractivity contribution in [3.05, 3.63) is 0 Å². The van der Waals surface area contributed by atoms with Crippen LogP contribution < -0.4 is 5.32 Å². The van der Waals surface area contributed by atoms with Gasteiger partial charge in [-0.15, -0.1) is 0 Å². The van der Waals surface area contributed by atoms with Crippen LogP contribution in [0.15, 0.2) is 4.99 Å². The average molecular weight is 313 g/mol. The Bertz CT molecular complexity index is 505. The molecule has 21 heavy (non-hydrogen) atoms. The molecule has 3 fully saturated rings. The Labute approximate surface area is 128 Å². The van der Waals surface area contributed by atoms with Crippen LogP contribution in [0.1, 0.15) is 51.4 Å². The first kappa shape index (κ1) is 15.1. The van der Waals surface area contributed by atoms with Gasteiger partial charge in [0.2, 0.25) is 0 Å². The first-order chi connectivity index (χ1) is 10.1. The summed E-state index contributed by atoms with van der Waals surface area (Å²) in [5, 5.41) is 3.50. The van der Waals surface area contributed by atoms with Gasteiger partial charge in [-0.2, -0.15) is 0 Å². The molecule has 0 aromatic rings. The number of nitrogens with zero attached hydrogens (tertiary/aromatic N) is 2. The third kappa shape index (κ3) is 2.79. The van der Waals surface area contributed by atoms with Crippen molar-refractivity contribution in [3.63, 3.8) is 0 Å². The molecule has 120 valence electrons. The molecule has 2 aliphatic carbocycles. The van der Waals surface area contributed by atoms with Gasteiger partial charge in [0.15, 0.2) is 15.8 Å². The predicted molar refractivity (Wildman–Crippen MR) is 85.3 cm³/mol. The van der Waals surface area contributed by atoms with Crippen molar-refractivity contribution in [2.75, 3.05) is 25.9 Å². The molecule has 3 rings (SSSR count). The molecule has 5 nitrogen and oxygen atoms in total. The molecule has 0 amide bonds. The van der Waals surface area contributed by atoms with Gasteiger partial charge in [-0.3, -0.25) is 4.99 Å². The second-order valence-corrected chi connectivity index (χ2v) is 9.31. The molecular formula is C15H27N3O2S. The average Bonchev–Trinajstić information content (AvgIpc) is 2.43. The first-order valence-corrected chi connectivity index (χ1v) is 9.92. The maximum absolute atomic E-state index is 12.6. The van der Waals surface area contributed by atoms with Crippen LogP contribution in [-0.2, 0) is 9.84 Å². The number of guanidine groups is 1. The largest absolute Gasteiger partial charge is 0.354 e. The van der Waals surface area contributed by atoms with Crippen LogP contribution in [0.25, 0.3) is 0 Å². The monoisotopic (exact) mass is 313 g/mol. The van der Waals surface area contributed by atoms with Crippen LogP contribution >= 0.6 is 0 Å². The van der Waals surface area contributed by atoms with E-state index < -0.39 is 14.6 Å². The van der Waals surface area contributed by atoms with E-state index in [9.17, 15) is 8.42 Å². The fourth-order valence-corrected chi connectivity index (χ4v) is 6.01. The Hall–Kier alpha value is -0.780. The van der Waals surface area contributed by atoms with Crippen LogP contribution in [0.5, 0.6) is 0 Å². The maximum atomic E-state index is 12.6. The molecular weight excluding hydrogens is 286 g/mol. The highest BCUT2D eigenvalue weighted by Gasteiger charge is 2.48. The molecule has 0 aromatic heterocycles. The molecule has 1 aliphatic heterocycles. The van der Waals surface area contributed by atoms with Crippen LogP contribution in [-0.4, -0.2) is 56.0 Å². The lowest BCUT2D eigenvalue weighted by atomic mass is 9.87. The SMILES string of the molecule is CN=C(NC1CCC1)N1CCS(=O)(=O)C2(CCCCC2)C1. The smallest absolute Gasteiger partial charge is 0.193 e. The van der Waals surface area contributed by atoms with Gasteiger partial charge in [0.1, 0.15) is 0 Å². The molecule has 3 aliphatic rings. The van der Waals surface area contributed by atoms with Gasteiger partial charge in [-0.05, 0) is 32.1 Å². The molecule has 6 heteroatoms. The van der Waals surface area contributed by atoms with Gasteiger partial charge in [0.05, 0.1) is 10.5 Å². The van der Waals surface area contributed by atoms with Crippen LogP contribution in [0, 0.1) is 0 Å². The minimum absolute atomic E-state index is 0.276. The number of aliphatic imine (C=N–C) groups is 1. The number of rotatable bonds is 1. The summed E-state index contributed by atoms with van der Waals surface area (Å²) in [6.07, 6.45) is 8.61. The minimum Gasteiger partial charge on any atom is -0.354 e. The number of nitrogens with one attached hydrogen (secondary N) is 1. The van der Waals surface area contributed by atoms with E-state index >= 15 is 0 Å². The summed E-state index contributed by atoms with van der Waals surface area (Å²) >= 11 is 0. The lowest BCUT2D eigenvalue weighted by molar-refractivity contribution is 0.266. The number of sulfone groups is 1. The van der Waals surface area contributed by atoms with E-state index in [1.54, 1.807) is 7.05 Å². The lowest BCUT2D eigenvalue weighted by Gasteiger charge is -2.46. The molecule has 0 unspecified atom stereocenters. The molecule has 2 saturated carbocycles. The van der Waals surface area contributed by atoms with Gasteiger partial charge in [0, 0.05) is 26.2 Å². The van der Waals surface area contributed by atoms with Crippen molar-refractivity contribution in [1.29, 1.82) is 0 Å². The van der Waals surface area contributed by atoms with Gasteiger partial charge in [-0.1, -0.05) is 19.3 Å². The maximum Gasteiger partial charge on any atom is 0.193 e. The van der Waals surface area contributed by atoms with E-state index in [0.29, 0.717) is 19.1 Å². The second-order valence-electron chi connectivity index (χ2n) is 6.80. The van der Waals surface area contributed by atoms with Crippen molar-refractivity contribution >= 4 is 15.8 Å². The molecule has 1 N–H and O–H groups in total. The quantitative estimate of drug-likeness (QED) is 0.589. The zero-order valence-corrected chi connectivity index (χ0v) is 13.8. The van der Waals surface area contributed by atoms with Crippen LogP contribution in [0.4, 0.5) is 0 Å². The predicted octanol–water partition coefficient (Wildman–Crippen LogP) is 1.55. The highest BCUT2D eigenvalue weighted by Crippen LogP contribution is 2.38. The molecule has 0 atom stereocenters. The fraction of sp³-hybridized carbons (Fsp3) is 0.933. The third-order valence-corrected chi connectivity index (χ3v) is 8.06. The number of hydrogen-bond donors (Lipinski definition) is 1. The second kappa shape index (κ2) is 5.78. The highest BCUT2D eigenvalue weighted by molar-refractivity contribution is 7.92. The fourth-order valence-electron chi connectivity index (χ4n) is 3.85. The van der Waals surface area contributed by atoms with Crippen molar-refractivity contribution in [3.8, 4) is 0 Å². The van der Waals surface area contributed by atoms with Gasteiger partial charge in [-0.25, -0.2) is 8.42 Å². The Kier molecular flexibility index (Phi) is 4.17. The van der Waals surface area contributed by atoms with E-state index in [1.165, 1.54) is 25.7 Å². The normalized spacial score (nSPS) is 29.2. The zero-order valence-electron chi connectivity index (χ0n) is 13.0. The lowest BCUT2D eigenvalue weighted by Crippen LogP contribution is -2.61. The van der Waals surface area contributed by atoms with E-state index in [-0.39, 0.29) is 5.75 Å². The van der Waals surface area contributed by atoms with Crippen molar-refractivity contribution in [2.45, 2.75) is 62.2 Å². The van der Waals surface area contributed by atoms with Crippen LogP contribution in [0.2, 0.25) is 0 Å². The Morgan fingerprint density at radius 1 is 1.19 bits per heavy atom. The zero-order chi connectivity index (χ0) is 14.9. The summed E-state index contributed by atoms with van der Waals surface area (Å²) in [4.78, 5) is 6.58. The van der Waals surface area contributed by atoms with E-state index in [2.05, 4.69) is 15.2 Å². The van der Waals surface area contributed by atoms with E-state index in [1.807, 2.05) is 0 Å². The van der Waals surface area contributed by atoms with E-state index in [4.69, 9.17) is 0 Å². The summed E-state index contributed by atoms with van der Waals surface area (Å²) in [5.74, 6) is 1.18. The van der Waals surface area contributed by atoms with Gasteiger partial charge >= 0.3 is 0 Å². The topological polar surface area (TPSA) is 61.8 Å². The van der Waals surface area contributed by atoms with E-state index in [0.717, 1.165) is 31.6 Å². The Balaban J connectivity index is 1.75. The molecule has 1 saturated heterocycles. The summed E-state index contributed by atoms with van der Waals surface area (Å²) in [5.41, 5.74) is 0. The summed E-state index contributed by atoms with van der Waals surface area (Å²) in [6, 6.07) is 0.532. The molecule has 1 spiro atoms. The summed E-state index contributed by atoms with van der Waals surface area (Å²) in [6.45, 7) is 1.21. The standard InChI is InChI=1S/C15H27N3O2S/c1-16-14(17-13-6-5-7-13)18-10-11-21(19,20)15(12-18)8-3-2-4-9-15/h13H,2-12H2,1H3,(H,16,17). The Morgan fingerprint density at radius 3 is 2.48 bits per heavy atom. The summed E-state index contributed by atoms with van der Waals surface area (Å²) in [7, 11) is -1.16. The van der Waals surface area contributed by atoms with Crippen molar-refractivity contribution in [1.82, 2.24) is 10.2 Å². The van der Waals surface area contributed by atoms with Crippen molar-refractivity contribution in [2.24, 2.45) is 4.99 Å². The molecule has 0 aromatic carbocycles. The van der Waals surface area contributed by atoms with Gasteiger partial charge < -0.3 is 10.2 Å². The minimum atomic E-state index is -2.97. The van der Waals surface area contributed by atoms with Gasteiger partial charge in [0.25, 0.3) is 0 Å². The van der Waals surface area contributed by atoms with Crippen molar-refractivity contribution < 1.29 is 8.42 Å². The molecule has 1 heterocycles. The Morgan fingerprint density at radius 2 is 1.90 bits per heavy atom. The first-order valence-electron chi connectivity index (χ1n) is 8.27. The number of hydrogen-bond acceptors (Lipinski definition) is 3.